The van der Waals surface area contributed by atoms with E-state index >= 15 is 0 Å². The Morgan fingerprint density at radius 2 is 1.61 bits per heavy atom. The summed E-state index contributed by atoms with van der Waals surface area (Å²) < 4.78 is 0. The van der Waals surface area contributed by atoms with Gasteiger partial charge in [0.2, 0.25) is 5.56 Å². The van der Waals surface area contributed by atoms with E-state index in [0.29, 0.717) is 5.82 Å². The number of H-pyrrole nitrogens is 1. The third-order valence-corrected chi connectivity index (χ3v) is 2.95. The predicted octanol–water partition coefficient (Wildman–Crippen LogP) is 2.92. The van der Waals surface area contributed by atoms with Crippen LogP contribution < -0.4 is 11.3 Å². The Kier molecular flexibility index (Phi) is 2.99. The van der Waals surface area contributed by atoms with Crippen LogP contribution in [0.25, 0.3) is 11.1 Å². The predicted molar refractivity (Wildman–Crippen MR) is 75.6 cm³/mol. The molecule has 2 aromatic rings. The van der Waals surface area contributed by atoms with Gasteiger partial charge in [0.15, 0.2) is 0 Å². The molecule has 18 heavy (non-hydrogen) atoms. The highest BCUT2D eigenvalue weighted by atomic mass is 16.1. The van der Waals surface area contributed by atoms with Crippen molar-refractivity contribution in [1.82, 2.24) is 4.98 Å². The first-order valence-electron chi connectivity index (χ1n) is 5.97. The van der Waals surface area contributed by atoms with Crippen LogP contribution in [0.1, 0.15) is 26.3 Å². The first-order valence-corrected chi connectivity index (χ1v) is 5.97. The molecule has 0 saturated heterocycles. The number of aromatic nitrogens is 1. The molecule has 0 spiro atoms. The highest BCUT2D eigenvalue weighted by molar-refractivity contribution is 5.66. The van der Waals surface area contributed by atoms with Crippen molar-refractivity contribution in [1.29, 1.82) is 0 Å². The molecule has 0 unspecified atom stereocenters. The number of nitrogens with two attached hydrogens (primary N) is 1. The van der Waals surface area contributed by atoms with Crippen molar-refractivity contribution in [2.24, 2.45) is 0 Å². The highest BCUT2D eigenvalue weighted by Crippen LogP contribution is 2.25. The van der Waals surface area contributed by atoms with E-state index < -0.39 is 0 Å². The normalized spacial score (nSPS) is 11.5. The number of aromatic amines is 1. The van der Waals surface area contributed by atoms with Crippen LogP contribution in [0.15, 0.2) is 41.2 Å². The molecule has 0 saturated carbocycles. The maximum Gasteiger partial charge on any atom is 0.250 e. The van der Waals surface area contributed by atoms with Crippen LogP contribution in [0.3, 0.4) is 0 Å². The average molecular weight is 242 g/mol. The van der Waals surface area contributed by atoms with Crippen molar-refractivity contribution in [3.63, 3.8) is 0 Å². The Morgan fingerprint density at radius 1 is 1.00 bits per heavy atom. The number of hydrogen-bond donors (Lipinski definition) is 2. The van der Waals surface area contributed by atoms with E-state index in [1.54, 1.807) is 12.1 Å². The zero-order valence-corrected chi connectivity index (χ0v) is 10.9. The Morgan fingerprint density at radius 3 is 2.11 bits per heavy atom. The number of hydrogen-bond acceptors (Lipinski definition) is 2. The van der Waals surface area contributed by atoms with Gasteiger partial charge in [0, 0.05) is 6.07 Å². The minimum Gasteiger partial charge on any atom is -0.385 e. The molecule has 0 aliphatic rings. The average Bonchev–Trinajstić information content (AvgIpc) is 2.27. The number of pyridine rings is 1. The van der Waals surface area contributed by atoms with Crippen LogP contribution >= 0.6 is 0 Å². The summed E-state index contributed by atoms with van der Waals surface area (Å²) in [6.07, 6.45) is 0. The lowest BCUT2D eigenvalue weighted by Gasteiger charge is -2.19. The molecule has 3 N–H and O–H groups in total. The molecule has 3 heteroatoms. The van der Waals surface area contributed by atoms with Gasteiger partial charge in [0.25, 0.3) is 0 Å². The van der Waals surface area contributed by atoms with Gasteiger partial charge in [-0.1, -0.05) is 45.0 Å². The smallest absolute Gasteiger partial charge is 0.250 e. The lowest BCUT2D eigenvalue weighted by molar-refractivity contribution is 0.590. The van der Waals surface area contributed by atoms with Crippen LogP contribution in [0, 0.1) is 0 Å². The standard InChI is InChI=1S/C15H18N2O/c1-15(2,3)12-6-4-10(5-7-12)11-8-13(16)17-14(18)9-11/h4-9H,1-3H3,(H3,16,17,18). The van der Waals surface area contributed by atoms with Crippen molar-refractivity contribution in [3.05, 3.63) is 52.3 Å². The summed E-state index contributed by atoms with van der Waals surface area (Å²) >= 11 is 0. The van der Waals surface area contributed by atoms with Crippen molar-refractivity contribution >= 4 is 5.82 Å². The molecule has 3 nitrogen and oxygen atoms in total. The largest absolute Gasteiger partial charge is 0.385 e. The molecular weight excluding hydrogens is 224 g/mol. The topological polar surface area (TPSA) is 58.9 Å². The lowest BCUT2D eigenvalue weighted by atomic mass is 9.86. The van der Waals surface area contributed by atoms with E-state index in [4.69, 9.17) is 5.73 Å². The minimum atomic E-state index is -0.176. The molecule has 0 aliphatic carbocycles. The molecule has 0 radical (unpaired) electrons. The molecule has 2 rings (SSSR count). The monoisotopic (exact) mass is 242 g/mol. The van der Waals surface area contributed by atoms with E-state index in [9.17, 15) is 4.79 Å². The number of anilines is 1. The van der Waals surface area contributed by atoms with Crippen molar-refractivity contribution < 1.29 is 0 Å². The molecule has 94 valence electrons. The van der Waals surface area contributed by atoms with Crippen LogP contribution in [0.2, 0.25) is 0 Å². The Balaban J connectivity index is 2.43. The Hall–Kier alpha value is -2.03. The number of rotatable bonds is 1. The highest BCUT2D eigenvalue weighted by Gasteiger charge is 2.13. The van der Waals surface area contributed by atoms with Crippen LogP contribution in [-0.2, 0) is 5.41 Å². The van der Waals surface area contributed by atoms with Crippen molar-refractivity contribution in [3.8, 4) is 11.1 Å². The van der Waals surface area contributed by atoms with Gasteiger partial charge in [-0.2, -0.15) is 0 Å². The molecular formula is C15H18N2O. The molecule has 1 aromatic carbocycles. The van der Waals surface area contributed by atoms with Gasteiger partial charge >= 0.3 is 0 Å². The van der Waals surface area contributed by atoms with Crippen LogP contribution in [-0.4, -0.2) is 4.98 Å². The molecule has 0 aliphatic heterocycles. The Bertz CT molecular complexity index is 604. The Labute approximate surface area is 107 Å². The van der Waals surface area contributed by atoms with E-state index in [-0.39, 0.29) is 11.0 Å². The van der Waals surface area contributed by atoms with Crippen LogP contribution in [0.5, 0.6) is 0 Å². The molecule has 0 fully saturated rings. The van der Waals surface area contributed by atoms with Gasteiger partial charge < -0.3 is 10.7 Å². The maximum absolute atomic E-state index is 11.4. The first kappa shape index (κ1) is 12.4. The van der Waals surface area contributed by atoms with Crippen molar-refractivity contribution in [2.75, 3.05) is 5.73 Å². The zero-order chi connectivity index (χ0) is 13.3. The van der Waals surface area contributed by atoms with Crippen LogP contribution in [0.4, 0.5) is 5.82 Å². The SMILES string of the molecule is CC(C)(C)c1ccc(-c2cc(N)[nH]c(=O)c2)cc1. The summed E-state index contributed by atoms with van der Waals surface area (Å²) in [6.45, 7) is 6.52. The molecule has 0 bridgehead atoms. The molecule has 1 aromatic heterocycles. The summed E-state index contributed by atoms with van der Waals surface area (Å²) in [5, 5.41) is 0. The van der Waals surface area contributed by atoms with E-state index in [2.05, 4.69) is 37.9 Å². The summed E-state index contributed by atoms with van der Waals surface area (Å²) in [5.41, 5.74) is 8.71. The van der Waals surface area contributed by atoms with E-state index in [1.165, 1.54) is 5.56 Å². The fraction of sp³-hybridized carbons (Fsp3) is 0.267. The lowest BCUT2D eigenvalue weighted by Crippen LogP contribution is -2.10. The number of benzene rings is 1. The van der Waals surface area contributed by atoms with Gasteiger partial charge in [-0.05, 0) is 28.2 Å². The summed E-state index contributed by atoms with van der Waals surface area (Å²) in [4.78, 5) is 13.9. The minimum absolute atomic E-state index is 0.131. The van der Waals surface area contributed by atoms with E-state index in [0.717, 1.165) is 11.1 Å². The van der Waals surface area contributed by atoms with Gasteiger partial charge in [0.05, 0.1) is 0 Å². The van der Waals surface area contributed by atoms with Gasteiger partial charge in [-0.3, -0.25) is 4.79 Å². The fourth-order valence-electron chi connectivity index (χ4n) is 1.89. The second kappa shape index (κ2) is 4.33. The molecule has 0 amide bonds. The second-order valence-electron chi connectivity index (χ2n) is 5.52. The molecule has 1 heterocycles. The maximum atomic E-state index is 11.4. The van der Waals surface area contributed by atoms with Crippen molar-refractivity contribution in [2.45, 2.75) is 26.2 Å². The zero-order valence-electron chi connectivity index (χ0n) is 10.9. The molecule has 0 atom stereocenters. The number of nitrogen functional groups attached to an aromatic ring is 1. The van der Waals surface area contributed by atoms with Gasteiger partial charge in [0.1, 0.15) is 5.82 Å². The van der Waals surface area contributed by atoms with E-state index in [1.807, 2.05) is 12.1 Å². The second-order valence-corrected chi connectivity index (χ2v) is 5.52. The summed E-state index contributed by atoms with van der Waals surface area (Å²) in [7, 11) is 0. The number of nitrogens with one attached hydrogen (secondary N) is 1. The summed E-state index contributed by atoms with van der Waals surface area (Å²) in [6, 6.07) is 11.6. The fourth-order valence-corrected chi connectivity index (χ4v) is 1.89. The summed E-state index contributed by atoms with van der Waals surface area (Å²) in [5.74, 6) is 0.386. The van der Waals surface area contributed by atoms with Gasteiger partial charge in [-0.15, -0.1) is 0 Å². The quantitative estimate of drug-likeness (QED) is 0.807. The first-order chi connectivity index (χ1) is 8.36. The third kappa shape index (κ3) is 2.62. The third-order valence-electron chi connectivity index (χ3n) is 2.95. The van der Waals surface area contributed by atoms with Gasteiger partial charge in [-0.25, -0.2) is 0 Å².